The van der Waals surface area contributed by atoms with Gasteiger partial charge in [0.05, 0.1) is 6.54 Å². The Labute approximate surface area is 93.2 Å². The summed E-state index contributed by atoms with van der Waals surface area (Å²) in [4.78, 5) is 11.1. The monoisotopic (exact) mass is 217 g/mol. The average Bonchev–Trinajstić information content (AvgIpc) is 2.28. The highest BCUT2D eigenvalue weighted by atomic mass is 16.3. The number of nitrogens with one attached hydrogen (secondary N) is 1. The lowest BCUT2D eigenvalue weighted by atomic mass is 10.2. The third kappa shape index (κ3) is 3.39. The zero-order valence-electron chi connectivity index (χ0n) is 8.47. The molecule has 1 aromatic carbocycles. The van der Waals surface area contributed by atoms with Gasteiger partial charge in [0.15, 0.2) is 11.5 Å². The van der Waals surface area contributed by atoms with E-state index in [2.05, 4.69) is 11.2 Å². The Morgan fingerprint density at radius 1 is 1.44 bits per heavy atom. The van der Waals surface area contributed by atoms with Gasteiger partial charge in [-0.3, -0.25) is 4.79 Å². The average molecular weight is 217 g/mol. The summed E-state index contributed by atoms with van der Waals surface area (Å²) in [5.74, 6) is 1.53. The topological polar surface area (TPSA) is 69.6 Å². The van der Waals surface area contributed by atoms with Gasteiger partial charge < -0.3 is 15.5 Å². The van der Waals surface area contributed by atoms with Crippen LogP contribution >= 0.6 is 0 Å². The number of benzene rings is 1. The molecule has 0 atom stereocenters. The predicted octanol–water partition coefficient (Wildman–Crippen LogP) is 0.860. The number of terminal acetylenes is 1. The molecule has 0 aliphatic rings. The summed E-state index contributed by atoms with van der Waals surface area (Å²) in [6, 6.07) is 4.26. The van der Waals surface area contributed by atoms with E-state index in [1.807, 2.05) is 0 Å². The summed E-state index contributed by atoms with van der Waals surface area (Å²) >= 11 is 0. The number of aromatic hydroxyl groups is 2. The largest absolute Gasteiger partial charge is 0.504 e. The Morgan fingerprint density at radius 3 is 2.81 bits per heavy atom. The van der Waals surface area contributed by atoms with Crippen molar-refractivity contribution in [2.45, 2.75) is 0 Å². The lowest BCUT2D eigenvalue weighted by Crippen LogP contribution is -2.20. The molecule has 82 valence electrons. The van der Waals surface area contributed by atoms with Gasteiger partial charge in [-0.15, -0.1) is 6.42 Å². The fourth-order valence-corrected chi connectivity index (χ4v) is 1.01. The van der Waals surface area contributed by atoms with Crippen LogP contribution in [0, 0.1) is 12.3 Å². The van der Waals surface area contributed by atoms with Crippen LogP contribution < -0.4 is 5.32 Å². The Kier molecular flexibility index (Phi) is 3.98. The summed E-state index contributed by atoms with van der Waals surface area (Å²) < 4.78 is 0. The molecule has 1 amide bonds. The summed E-state index contributed by atoms with van der Waals surface area (Å²) in [7, 11) is 0. The Balaban J connectivity index is 2.66. The molecule has 16 heavy (non-hydrogen) atoms. The van der Waals surface area contributed by atoms with Crippen molar-refractivity contribution in [1.82, 2.24) is 5.32 Å². The van der Waals surface area contributed by atoms with E-state index in [9.17, 15) is 9.90 Å². The van der Waals surface area contributed by atoms with E-state index in [0.717, 1.165) is 0 Å². The minimum Gasteiger partial charge on any atom is -0.504 e. The molecule has 0 aliphatic carbocycles. The fraction of sp³-hybridized carbons (Fsp3) is 0.0833. The standard InChI is InChI=1S/C12H11NO3/c1-2-7-13-12(16)6-4-9-3-5-10(14)11(15)8-9/h1,3-6,8,14-15H,7H2,(H,13,16)/b6-4+. The van der Waals surface area contributed by atoms with Crippen molar-refractivity contribution < 1.29 is 15.0 Å². The first-order chi connectivity index (χ1) is 7.63. The summed E-state index contributed by atoms with van der Waals surface area (Å²) in [5.41, 5.74) is 0.603. The number of hydrogen-bond donors (Lipinski definition) is 3. The van der Waals surface area contributed by atoms with Gasteiger partial charge in [-0.2, -0.15) is 0 Å². The molecule has 4 nitrogen and oxygen atoms in total. The highest BCUT2D eigenvalue weighted by Crippen LogP contribution is 2.25. The highest BCUT2D eigenvalue weighted by molar-refractivity contribution is 5.91. The molecule has 1 aromatic rings. The third-order valence-electron chi connectivity index (χ3n) is 1.79. The van der Waals surface area contributed by atoms with E-state index in [1.54, 1.807) is 6.07 Å². The van der Waals surface area contributed by atoms with Gasteiger partial charge in [-0.05, 0) is 23.8 Å². The minimum absolute atomic E-state index is 0.171. The van der Waals surface area contributed by atoms with Crippen molar-refractivity contribution in [3.63, 3.8) is 0 Å². The maximum atomic E-state index is 11.1. The molecule has 0 spiro atoms. The molecule has 0 radical (unpaired) electrons. The number of phenols is 2. The highest BCUT2D eigenvalue weighted by Gasteiger charge is 1.98. The van der Waals surface area contributed by atoms with Crippen LogP contribution in [0.5, 0.6) is 11.5 Å². The zero-order valence-corrected chi connectivity index (χ0v) is 8.47. The van der Waals surface area contributed by atoms with E-state index in [0.29, 0.717) is 5.56 Å². The second kappa shape index (κ2) is 5.47. The molecule has 0 unspecified atom stereocenters. The van der Waals surface area contributed by atoms with Gasteiger partial charge in [-0.1, -0.05) is 12.0 Å². The van der Waals surface area contributed by atoms with Crippen LogP contribution in [0.4, 0.5) is 0 Å². The SMILES string of the molecule is C#CCNC(=O)/C=C/c1ccc(O)c(O)c1. The van der Waals surface area contributed by atoms with Crippen LogP contribution in [-0.2, 0) is 4.79 Å². The van der Waals surface area contributed by atoms with E-state index in [1.165, 1.54) is 24.3 Å². The van der Waals surface area contributed by atoms with E-state index < -0.39 is 0 Å². The van der Waals surface area contributed by atoms with Crippen molar-refractivity contribution in [2.75, 3.05) is 6.54 Å². The van der Waals surface area contributed by atoms with Crippen LogP contribution in [0.2, 0.25) is 0 Å². The van der Waals surface area contributed by atoms with Crippen molar-refractivity contribution in [3.05, 3.63) is 29.8 Å². The molecular weight excluding hydrogens is 206 g/mol. The molecule has 0 saturated heterocycles. The fourth-order valence-electron chi connectivity index (χ4n) is 1.01. The van der Waals surface area contributed by atoms with Gasteiger partial charge in [0, 0.05) is 6.08 Å². The molecule has 0 bridgehead atoms. The summed E-state index contributed by atoms with van der Waals surface area (Å²) in [6.45, 7) is 0.171. The Hall–Kier alpha value is -2.41. The molecule has 3 N–H and O–H groups in total. The van der Waals surface area contributed by atoms with Gasteiger partial charge in [0.25, 0.3) is 0 Å². The van der Waals surface area contributed by atoms with E-state index in [4.69, 9.17) is 11.5 Å². The number of hydrogen-bond acceptors (Lipinski definition) is 3. The molecule has 1 rings (SSSR count). The summed E-state index contributed by atoms with van der Waals surface area (Å²) in [5, 5.41) is 20.7. The van der Waals surface area contributed by atoms with Crippen LogP contribution in [0.15, 0.2) is 24.3 Å². The first-order valence-corrected chi connectivity index (χ1v) is 4.55. The smallest absolute Gasteiger partial charge is 0.244 e. The van der Waals surface area contributed by atoms with Gasteiger partial charge in [0.2, 0.25) is 5.91 Å². The van der Waals surface area contributed by atoms with Crippen molar-refractivity contribution in [1.29, 1.82) is 0 Å². The van der Waals surface area contributed by atoms with E-state index in [-0.39, 0.29) is 24.0 Å². The molecule has 0 aliphatic heterocycles. The van der Waals surface area contributed by atoms with Crippen LogP contribution in [0.3, 0.4) is 0 Å². The lowest BCUT2D eigenvalue weighted by Gasteiger charge is -1.98. The van der Waals surface area contributed by atoms with E-state index >= 15 is 0 Å². The molecule has 0 heterocycles. The molecular formula is C12H11NO3. The van der Waals surface area contributed by atoms with Gasteiger partial charge in [0.1, 0.15) is 0 Å². The van der Waals surface area contributed by atoms with Gasteiger partial charge in [-0.25, -0.2) is 0 Å². The van der Waals surface area contributed by atoms with Crippen molar-refractivity contribution in [3.8, 4) is 23.8 Å². The van der Waals surface area contributed by atoms with Crippen LogP contribution in [-0.4, -0.2) is 22.7 Å². The second-order valence-electron chi connectivity index (χ2n) is 3.00. The minimum atomic E-state index is -0.314. The normalized spacial score (nSPS) is 9.94. The molecule has 0 aromatic heterocycles. The number of carbonyl (C=O) groups is 1. The first-order valence-electron chi connectivity index (χ1n) is 4.55. The van der Waals surface area contributed by atoms with Crippen molar-refractivity contribution >= 4 is 12.0 Å². The Bertz CT molecular complexity index is 458. The lowest BCUT2D eigenvalue weighted by molar-refractivity contribution is -0.116. The maximum absolute atomic E-state index is 11.1. The molecule has 0 saturated carbocycles. The molecule has 0 fully saturated rings. The maximum Gasteiger partial charge on any atom is 0.244 e. The second-order valence-corrected chi connectivity index (χ2v) is 3.00. The first kappa shape index (κ1) is 11.7. The number of phenolic OH excluding ortho intramolecular Hbond substituents is 2. The third-order valence-corrected chi connectivity index (χ3v) is 1.79. The van der Waals surface area contributed by atoms with Crippen molar-refractivity contribution in [2.24, 2.45) is 0 Å². The summed E-state index contributed by atoms with van der Waals surface area (Å²) in [6.07, 6.45) is 7.77. The Morgan fingerprint density at radius 2 is 2.19 bits per heavy atom. The quantitative estimate of drug-likeness (QED) is 0.399. The number of carbonyl (C=O) groups excluding carboxylic acids is 1. The number of amides is 1. The van der Waals surface area contributed by atoms with Crippen LogP contribution in [0.25, 0.3) is 6.08 Å². The van der Waals surface area contributed by atoms with Gasteiger partial charge >= 0.3 is 0 Å². The predicted molar refractivity (Wildman–Crippen MR) is 60.6 cm³/mol. The zero-order chi connectivity index (χ0) is 12.0. The number of rotatable bonds is 3. The molecule has 4 heteroatoms. The van der Waals surface area contributed by atoms with Crippen LogP contribution in [0.1, 0.15) is 5.56 Å².